The van der Waals surface area contributed by atoms with Crippen LogP contribution in [0.3, 0.4) is 0 Å². The van der Waals surface area contributed by atoms with Crippen LogP contribution in [0.25, 0.3) is 0 Å². The standard InChI is InChI=1S/C21H27N5O4.2ClH/c22-8-1-2-9-24-10-12-25(13-11-24)15-5-3-4-14-18(15)21(30)26(20(14)29)16-6-7-17(27)23-19(16)28;;/h3-5,16H,1-2,6-13,22H2,(H,23,27,28);2*1H. The highest BCUT2D eigenvalue weighted by Crippen LogP contribution is 2.34. The van der Waals surface area contributed by atoms with Crippen molar-refractivity contribution in [2.24, 2.45) is 5.73 Å². The fraction of sp³-hybridized carbons (Fsp3) is 0.524. The number of fused-ring (bicyclic) bond motifs is 1. The number of benzene rings is 1. The minimum atomic E-state index is -0.942. The van der Waals surface area contributed by atoms with Gasteiger partial charge in [-0.25, -0.2) is 0 Å². The highest BCUT2D eigenvalue weighted by atomic mass is 35.5. The number of nitrogens with one attached hydrogen (secondary N) is 1. The Morgan fingerprint density at radius 3 is 2.34 bits per heavy atom. The quantitative estimate of drug-likeness (QED) is 0.451. The average molecular weight is 486 g/mol. The van der Waals surface area contributed by atoms with Crippen LogP contribution < -0.4 is 16.0 Å². The molecule has 0 bridgehead atoms. The number of nitrogens with zero attached hydrogens (tertiary/aromatic N) is 3. The van der Waals surface area contributed by atoms with Gasteiger partial charge >= 0.3 is 0 Å². The van der Waals surface area contributed by atoms with Crippen molar-refractivity contribution in [1.29, 1.82) is 0 Å². The molecule has 9 nitrogen and oxygen atoms in total. The summed E-state index contributed by atoms with van der Waals surface area (Å²) in [7, 11) is 0. The molecule has 3 aliphatic heterocycles. The summed E-state index contributed by atoms with van der Waals surface area (Å²) >= 11 is 0. The number of hydrogen-bond donors (Lipinski definition) is 2. The van der Waals surface area contributed by atoms with Crippen LogP contribution in [0.15, 0.2) is 18.2 Å². The Morgan fingerprint density at radius 1 is 0.969 bits per heavy atom. The van der Waals surface area contributed by atoms with E-state index in [0.717, 1.165) is 56.2 Å². The van der Waals surface area contributed by atoms with Crippen molar-refractivity contribution in [3.05, 3.63) is 29.3 Å². The lowest BCUT2D eigenvalue weighted by Crippen LogP contribution is -2.54. The average Bonchev–Trinajstić information content (AvgIpc) is 3.00. The zero-order chi connectivity index (χ0) is 21.3. The van der Waals surface area contributed by atoms with E-state index in [-0.39, 0.29) is 43.6 Å². The third kappa shape index (κ3) is 4.91. The summed E-state index contributed by atoms with van der Waals surface area (Å²) in [4.78, 5) is 55.5. The molecule has 0 saturated carbocycles. The van der Waals surface area contributed by atoms with Crippen molar-refractivity contribution in [2.75, 3.05) is 44.2 Å². The van der Waals surface area contributed by atoms with E-state index in [0.29, 0.717) is 17.7 Å². The van der Waals surface area contributed by atoms with Gasteiger partial charge in [-0.3, -0.25) is 34.3 Å². The Balaban J connectivity index is 0.00000181. The smallest absolute Gasteiger partial charge is 0.264 e. The molecule has 1 unspecified atom stereocenters. The van der Waals surface area contributed by atoms with Crippen LogP contribution in [0.5, 0.6) is 0 Å². The van der Waals surface area contributed by atoms with Gasteiger partial charge < -0.3 is 10.6 Å². The molecule has 3 heterocycles. The number of anilines is 1. The first-order chi connectivity index (χ1) is 14.5. The lowest BCUT2D eigenvalue weighted by atomic mass is 10.0. The van der Waals surface area contributed by atoms with Crippen LogP contribution in [0.4, 0.5) is 5.69 Å². The Bertz CT molecular complexity index is 889. The molecule has 1 aromatic carbocycles. The van der Waals surface area contributed by atoms with Crippen LogP contribution in [0, 0.1) is 0 Å². The molecule has 0 spiro atoms. The predicted molar refractivity (Wildman–Crippen MR) is 125 cm³/mol. The number of hydrogen-bond acceptors (Lipinski definition) is 7. The highest BCUT2D eigenvalue weighted by Gasteiger charge is 2.46. The van der Waals surface area contributed by atoms with Gasteiger partial charge in [-0.1, -0.05) is 6.07 Å². The molecule has 176 valence electrons. The summed E-state index contributed by atoms with van der Waals surface area (Å²) in [6.07, 6.45) is 2.36. The van der Waals surface area contributed by atoms with E-state index in [1.54, 1.807) is 12.1 Å². The van der Waals surface area contributed by atoms with Crippen LogP contribution in [-0.4, -0.2) is 78.7 Å². The second-order valence-electron chi connectivity index (χ2n) is 7.97. The number of halogens is 2. The van der Waals surface area contributed by atoms with E-state index >= 15 is 0 Å². The topological polar surface area (TPSA) is 116 Å². The third-order valence-electron chi connectivity index (χ3n) is 6.09. The number of imide groups is 2. The minimum Gasteiger partial charge on any atom is -0.368 e. The van der Waals surface area contributed by atoms with Crippen molar-refractivity contribution in [3.8, 4) is 0 Å². The summed E-state index contributed by atoms with van der Waals surface area (Å²) in [5, 5.41) is 2.23. The molecule has 4 amide bonds. The van der Waals surface area contributed by atoms with Crippen molar-refractivity contribution >= 4 is 54.1 Å². The summed E-state index contributed by atoms with van der Waals surface area (Å²) in [5.41, 5.74) is 7.00. The van der Waals surface area contributed by atoms with E-state index in [9.17, 15) is 19.2 Å². The molecule has 1 atom stereocenters. The maximum atomic E-state index is 13.2. The second-order valence-corrected chi connectivity index (χ2v) is 7.97. The van der Waals surface area contributed by atoms with E-state index in [1.807, 2.05) is 6.07 Å². The lowest BCUT2D eigenvalue weighted by molar-refractivity contribution is -0.136. The van der Waals surface area contributed by atoms with Crippen molar-refractivity contribution in [3.63, 3.8) is 0 Å². The summed E-state index contributed by atoms with van der Waals surface area (Å²) < 4.78 is 0. The maximum Gasteiger partial charge on any atom is 0.264 e. The fourth-order valence-electron chi connectivity index (χ4n) is 4.45. The number of piperidine rings is 1. The number of rotatable bonds is 6. The molecule has 0 radical (unpaired) electrons. The van der Waals surface area contributed by atoms with Gasteiger partial charge in [-0.05, 0) is 44.5 Å². The van der Waals surface area contributed by atoms with E-state index in [4.69, 9.17) is 5.73 Å². The van der Waals surface area contributed by atoms with Gasteiger partial charge in [0.05, 0.1) is 16.8 Å². The maximum absolute atomic E-state index is 13.2. The SMILES string of the molecule is Cl.Cl.NCCCCN1CCN(c2cccc3c2C(=O)N(C2CCC(=O)NC2=O)C3=O)CC1. The lowest BCUT2D eigenvalue weighted by Gasteiger charge is -2.36. The normalized spacial score (nSPS) is 21.1. The number of amides is 4. The molecule has 11 heteroatoms. The Labute approximate surface area is 199 Å². The van der Waals surface area contributed by atoms with Gasteiger partial charge in [0.25, 0.3) is 11.8 Å². The summed E-state index contributed by atoms with van der Waals surface area (Å²) in [6, 6.07) is 4.33. The van der Waals surface area contributed by atoms with Crippen LogP contribution in [0.1, 0.15) is 46.4 Å². The summed E-state index contributed by atoms with van der Waals surface area (Å²) in [6.45, 7) is 5.01. The zero-order valence-corrected chi connectivity index (χ0v) is 19.4. The summed E-state index contributed by atoms with van der Waals surface area (Å²) in [5.74, 6) is -1.89. The monoisotopic (exact) mass is 485 g/mol. The molecular formula is C21H29Cl2N5O4. The molecule has 2 saturated heterocycles. The number of piperazine rings is 1. The Morgan fingerprint density at radius 2 is 1.69 bits per heavy atom. The Hall–Kier alpha value is -2.20. The highest BCUT2D eigenvalue weighted by molar-refractivity contribution is 6.25. The minimum absolute atomic E-state index is 0. The van der Waals surface area contributed by atoms with Gasteiger partial charge in [-0.15, -0.1) is 24.8 Å². The molecule has 0 aliphatic carbocycles. The van der Waals surface area contributed by atoms with Crippen LogP contribution in [0.2, 0.25) is 0 Å². The van der Waals surface area contributed by atoms with Gasteiger partial charge in [0, 0.05) is 32.6 Å². The van der Waals surface area contributed by atoms with Crippen molar-refractivity contribution in [1.82, 2.24) is 15.1 Å². The van der Waals surface area contributed by atoms with Gasteiger partial charge in [0.2, 0.25) is 11.8 Å². The molecular weight excluding hydrogens is 457 g/mol. The number of carbonyl (C=O) groups is 4. The van der Waals surface area contributed by atoms with Gasteiger partial charge in [-0.2, -0.15) is 0 Å². The molecule has 2 fully saturated rings. The largest absolute Gasteiger partial charge is 0.368 e. The zero-order valence-electron chi connectivity index (χ0n) is 17.7. The molecule has 1 aromatic rings. The molecule has 4 rings (SSSR count). The first-order valence-corrected chi connectivity index (χ1v) is 10.5. The van der Waals surface area contributed by atoms with Crippen LogP contribution in [-0.2, 0) is 9.59 Å². The molecule has 3 aliphatic rings. The van der Waals surface area contributed by atoms with Gasteiger partial charge in [0.15, 0.2) is 0 Å². The first-order valence-electron chi connectivity index (χ1n) is 10.5. The third-order valence-corrected chi connectivity index (χ3v) is 6.09. The molecule has 32 heavy (non-hydrogen) atoms. The second kappa shape index (κ2) is 11.1. The predicted octanol–water partition coefficient (Wildman–Crippen LogP) is 0.792. The number of carbonyl (C=O) groups excluding carboxylic acids is 4. The molecule has 0 aromatic heterocycles. The van der Waals surface area contributed by atoms with Crippen LogP contribution >= 0.6 is 24.8 Å². The number of unbranched alkanes of at least 4 members (excludes halogenated alkanes) is 1. The van der Waals surface area contributed by atoms with Crippen molar-refractivity contribution in [2.45, 2.75) is 31.7 Å². The fourth-order valence-corrected chi connectivity index (χ4v) is 4.45. The van der Waals surface area contributed by atoms with Gasteiger partial charge in [0.1, 0.15) is 6.04 Å². The van der Waals surface area contributed by atoms with Crippen molar-refractivity contribution < 1.29 is 19.2 Å². The van der Waals surface area contributed by atoms with E-state index in [2.05, 4.69) is 15.1 Å². The first kappa shape index (κ1) is 26.1. The van der Waals surface area contributed by atoms with E-state index in [1.165, 1.54) is 0 Å². The Kier molecular flexibility index (Phi) is 9.03. The molecule has 3 N–H and O–H groups in total. The number of nitrogens with two attached hydrogens (primary N) is 1. The van der Waals surface area contributed by atoms with E-state index < -0.39 is 23.8 Å².